The lowest BCUT2D eigenvalue weighted by Gasteiger charge is -2.13. The highest BCUT2D eigenvalue weighted by molar-refractivity contribution is 5.87. The Bertz CT molecular complexity index is 1190. The zero-order valence-corrected chi connectivity index (χ0v) is 14.2. The summed E-state index contributed by atoms with van der Waals surface area (Å²) in [4.78, 5) is 21.7. The van der Waals surface area contributed by atoms with Crippen molar-refractivity contribution in [1.29, 1.82) is 0 Å². The Hall–Kier alpha value is -3.15. The summed E-state index contributed by atoms with van der Waals surface area (Å²) in [7, 11) is 0. The first-order chi connectivity index (χ1) is 12.7. The van der Waals surface area contributed by atoms with Gasteiger partial charge in [-0.15, -0.1) is 0 Å². The van der Waals surface area contributed by atoms with E-state index in [4.69, 9.17) is 10.2 Å². The van der Waals surface area contributed by atoms with Crippen LogP contribution in [0.1, 0.15) is 31.7 Å². The number of fused-ring (bicyclic) bond motifs is 2. The van der Waals surface area contributed by atoms with Crippen molar-refractivity contribution in [1.82, 2.24) is 14.5 Å². The minimum atomic E-state index is 0.0375. The molecule has 1 aliphatic carbocycles. The molecule has 130 valence electrons. The van der Waals surface area contributed by atoms with Gasteiger partial charge in [0.1, 0.15) is 5.52 Å². The van der Waals surface area contributed by atoms with Crippen molar-refractivity contribution in [3.63, 3.8) is 0 Å². The molecule has 0 unspecified atom stereocenters. The van der Waals surface area contributed by atoms with Crippen LogP contribution < -0.4 is 11.3 Å². The second kappa shape index (κ2) is 5.69. The van der Waals surface area contributed by atoms with Crippen LogP contribution in [0.25, 0.3) is 33.1 Å². The number of hydrogen-bond acceptors (Lipinski definition) is 5. The van der Waals surface area contributed by atoms with E-state index in [2.05, 4.69) is 9.97 Å². The SMILES string of the molecule is Nc1nc2cc(-c3ccc4ncn(C5CCCC5)c(=O)c4c3)ccc2o1. The zero-order chi connectivity index (χ0) is 17.7. The van der Waals surface area contributed by atoms with E-state index in [-0.39, 0.29) is 17.6 Å². The lowest BCUT2D eigenvalue weighted by atomic mass is 10.0. The third-order valence-electron chi connectivity index (χ3n) is 5.24. The molecule has 0 bridgehead atoms. The predicted octanol–water partition coefficient (Wildman–Crippen LogP) is 3.90. The van der Waals surface area contributed by atoms with Gasteiger partial charge >= 0.3 is 0 Å². The first-order valence-electron chi connectivity index (χ1n) is 8.86. The highest BCUT2D eigenvalue weighted by Crippen LogP contribution is 2.29. The summed E-state index contributed by atoms with van der Waals surface area (Å²) in [5, 5.41) is 0.650. The van der Waals surface area contributed by atoms with Crippen molar-refractivity contribution in [2.45, 2.75) is 31.7 Å². The van der Waals surface area contributed by atoms with Crippen molar-refractivity contribution in [2.75, 3.05) is 5.73 Å². The number of nitrogen functional groups attached to an aromatic ring is 1. The van der Waals surface area contributed by atoms with E-state index in [0.29, 0.717) is 16.5 Å². The Balaban J connectivity index is 1.65. The number of aromatic nitrogens is 3. The molecule has 0 atom stereocenters. The minimum Gasteiger partial charge on any atom is -0.424 e. The highest BCUT2D eigenvalue weighted by atomic mass is 16.4. The van der Waals surface area contributed by atoms with Crippen molar-refractivity contribution < 1.29 is 4.42 Å². The maximum absolute atomic E-state index is 13.0. The summed E-state index contributed by atoms with van der Waals surface area (Å²) in [6, 6.07) is 11.9. The predicted molar refractivity (Wildman–Crippen MR) is 101 cm³/mol. The molecule has 1 saturated carbocycles. The minimum absolute atomic E-state index is 0.0375. The topological polar surface area (TPSA) is 86.9 Å². The second-order valence-corrected chi connectivity index (χ2v) is 6.86. The number of hydrogen-bond donors (Lipinski definition) is 1. The van der Waals surface area contributed by atoms with Gasteiger partial charge in [0, 0.05) is 6.04 Å². The standard InChI is InChI=1S/C20H18N4O2/c21-20-23-17-10-13(6-8-18(17)26-20)12-5-7-16-15(9-12)19(25)24(11-22-16)14-3-1-2-4-14/h5-11,14H,1-4H2,(H2,21,23). The fourth-order valence-electron chi connectivity index (χ4n) is 3.88. The van der Waals surface area contributed by atoms with Crippen LogP contribution in [0.15, 0.2) is 51.9 Å². The molecule has 4 aromatic rings. The van der Waals surface area contributed by atoms with E-state index >= 15 is 0 Å². The Kier molecular flexibility index (Phi) is 3.31. The third kappa shape index (κ3) is 2.37. The molecular weight excluding hydrogens is 328 g/mol. The summed E-state index contributed by atoms with van der Waals surface area (Å²) < 4.78 is 7.13. The molecule has 2 aromatic carbocycles. The number of anilines is 1. The lowest BCUT2D eigenvalue weighted by molar-refractivity contribution is 0.499. The van der Waals surface area contributed by atoms with Gasteiger partial charge in [-0.1, -0.05) is 25.0 Å². The number of rotatable bonds is 2. The van der Waals surface area contributed by atoms with Crippen LogP contribution in [-0.4, -0.2) is 14.5 Å². The van der Waals surface area contributed by atoms with Gasteiger partial charge in [-0.25, -0.2) is 4.98 Å². The van der Waals surface area contributed by atoms with Gasteiger partial charge < -0.3 is 10.2 Å². The number of benzene rings is 2. The Labute approximate surface area is 149 Å². The van der Waals surface area contributed by atoms with Crippen molar-refractivity contribution >= 4 is 28.0 Å². The molecule has 0 radical (unpaired) electrons. The maximum Gasteiger partial charge on any atom is 0.292 e. The smallest absolute Gasteiger partial charge is 0.292 e. The normalized spacial score (nSPS) is 15.2. The molecule has 2 aromatic heterocycles. The largest absolute Gasteiger partial charge is 0.424 e. The van der Waals surface area contributed by atoms with Gasteiger partial charge in [0.2, 0.25) is 0 Å². The molecule has 1 aliphatic rings. The molecule has 1 fully saturated rings. The molecular formula is C20H18N4O2. The van der Waals surface area contributed by atoms with Crippen LogP contribution in [-0.2, 0) is 0 Å². The first-order valence-corrected chi connectivity index (χ1v) is 8.86. The molecule has 0 aliphatic heterocycles. The van der Waals surface area contributed by atoms with E-state index in [1.165, 1.54) is 12.8 Å². The van der Waals surface area contributed by atoms with Crippen LogP contribution in [0.3, 0.4) is 0 Å². The van der Waals surface area contributed by atoms with Gasteiger partial charge in [0.15, 0.2) is 5.58 Å². The molecule has 2 heterocycles. The monoisotopic (exact) mass is 346 g/mol. The van der Waals surface area contributed by atoms with Gasteiger partial charge in [-0.3, -0.25) is 9.36 Å². The summed E-state index contributed by atoms with van der Waals surface area (Å²) in [6.45, 7) is 0. The lowest BCUT2D eigenvalue weighted by Crippen LogP contribution is -2.23. The summed E-state index contributed by atoms with van der Waals surface area (Å²) in [6.07, 6.45) is 6.16. The van der Waals surface area contributed by atoms with Crippen molar-refractivity contribution in [3.05, 3.63) is 53.1 Å². The molecule has 2 N–H and O–H groups in total. The van der Waals surface area contributed by atoms with Crippen molar-refractivity contribution in [2.24, 2.45) is 0 Å². The van der Waals surface area contributed by atoms with Crippen LogP contribution >= 0.6 is 0 Å². The van der Waals surface area contributed by atoms with E-state index in [9.17, 15) is 4.79 Å². The van der Waals surface area contributed by atoms with E-state index < -0.39 is 0 Å². The average Bonchev–Trinajstić information content (AvgIpc) is 3.30. The molecule has 6 nitrogen and oxygen atoms in total. The van der Waals surface area contributed by atoms with E-state index in [1.54, 1.807) is 10.9 Å². The fraction of sp³-hybridized carbons (Fsp3) is 0.250. The number of nitrogens with zero attached hydrogens (tertiary/aromatic N) is 3. The van der Waals surface area contributed by atoms with Gasteiger partial charge in [-0.05, 0) is 48.2 Å². The second-order valence-electron chi connectivity index (χ2n) is 6.86. The summed E-state index contributed by atoms with van der Waals surface area (Å²) >= 11 is 0. The fourth-order valence-corrected chi connectivity index (χ4v) is 3.88. The maximum atomic E-state index is 13.0. The zero-order valence-electron chi connectivity index (χ0n) is 14.2. The molecule has 6 heteroatoms. The van der Waals surface area contributed by atoms with E-state index in [0.717, 1.165) is 29.5 Å². The molecule has 0 saturated heterocycles. The van der Waals surface area contributed by atoms with Gasteiger partial charge in [0.25, 0.3) is 11.6 Å². The Morgan fingerprint density at radius 1 is 1.04 bits per heavy atom. The van der Waals surface area contributed by atoms with Crippen LogP contribution in [0.5, 0.6) is 0 Å². The highest BCUT2D eigenvalue weighted by Gasteiger charge is 2.19. The molecule has 0 spiro atoms. The van der Waals surface area contributed by atoms with Gasteiger partial charge in [-0.2, -0.15) is 4.98 Å². The Morgan fingerprint density at radius 2 is 1.81 bits per heavy atom. The average molecular weight is 346 g/mol. The molecule has 0 amide bonds. The Morgan fingerprint density at radius 3 is 2.65 bits per heavy atom. The number of oxazole rings is 1. The van der Waals surface area contributed by atoms with Crippen LogP contribution in [0.4, 0.5) is 6.01 Å². The third-order valence-corrected chi connectivity index (χ3v) is 5.24. The number of nitrogens with two attached hydrogens (primary N) is 1. The van der Waals surface area contributed by atoms with Crippen LogP contribution in [0, 0.1) is 0 Å². The van der Waals surface area contributed by atoms with Crippen molar-refractivity contribution in [3.8, 4) is 11.1 Å². The molecule has 5 rings (SSSR count). The summed E-state index contributed by atoms with van der Waals surface area (Å²) in [5.41, 5.74) is 9.64. The van der Waals surface area contributed by atoms with E-state index in [1.807, 2.05) is 36.4 Å². The van der Waals surface area contributed by atoms with Gasteiger partial charge in [0.05, 0.1) is 17.2 Å². The van der Waals surface area contributed by atoms with Crippen LogP contribution in [0.2, 0.25) is 0 Å². The first kappa shape index (κ1) is 15.1. The molecule has 26 heavy (non-hydrogen) atoms. The summed E-state index contributed by atoms with van der Waals surface area (Å²) in [5.74, 6) is 0. The quantitative estimate of drug-likeness (QED) is 0.595.